The van der Waals surface area contributed by atoms with Crippen LogP contribution in [-0.4, -0.2) is 65.0 Å². The number of anilines is 2. The minimum atomic E-state index is -5.08. The number of alkyl halides is 3. The minimum Gasteiger partial charge on any atom is -0.487 e. The summed E-state index contributed by atoms with van der Waals surface area (Å²) in [6.07, 6.45) is -5.08. The van der Waals surface area contributed by atoms with Crippen LogP contribution in [-0.2, 0) is 14.8 Å². The molecule has 2 N–H and O–H groups in total. The summed E-state index contributed by atoms with van der Waals surface area (Å²) in [5.74, 6) is -2.16. The van der Waals surface area contributed by atoms with Gasteiger partial charge in [0.25, 0.3) is 10.0 Å². The van der Waals surface area contributed by atoms with E-state index in [4.69, 9.17) is 37.8 Å². The second kappa shape index (κ2) is 10.5. The largest absolute Gasteiger partial charge is 0.490 e. The number of nitrogens with zero attached hydrogens (tertiary/aromatic N) is 2. The summed E-state index contributed by atoms with van der Waals surface area (Å²) < 4.78 is 65.6. The van der Waals surface area contributed by atoms with Crippen molar-refractivity contribution in [3.63, 3.8) is 0 Å². The van der Waals surface area contributed by atoms with Gasteiger partial charge in [0, 0.05) is 31.2 Å². The van der Waals surface area contributed by atoms with Gasteiger partial charge in [-0.2, -0.15) is 13.2 Å². The molecule has 2 heterocycles. The summed E-state index contributed by atoms with van der Waals surface area (Å²) in [5, 5.41) is 10.9. The Morgan fingerprint density at radius 3 is 2.26 bits per heavy atom. The number of sulfonamides is 1. The summed E-state index contributed by atoms with van der Waals surface area (Å²) in [6, 6.07) is 10.00. The van der Waals surface area contributed by atoms with E-state index in [0.717, 1.165) is 31.9 Å². The van der Waals surface area contributed by atoms with E-state index < -0.39 is 22.2 Å². The molecule has 0 aliphatic carbocycles. The third kappa shape index (κ3) is 5.80. The standard InChI is InChI=1S/C18H19Cl2N3O3S.C2HF3O2/c19-13-4-5-17(14(20)12-13)27(24,25)23-10-11-26-18-15(2-1-3-16(18)23)22-8-6-21-7-9-22;3-2(4,5)1(6)7/h1-5,12,21H,6-11H2;(H,6,7). The molecule has 0 unspecified atom stereocenters. The quantitative estimate of drug-likeness (QED) is 0.612. The van der Waals surface area contributed by atoms with Gasteiger partial charge in [-0.25, -0.2) is 13.2 Å². The first-order chi connectivity index (χ1) is 15.9. The zero-order valence-corrected chi connectivity index (χ0v) is 19.8. The molecular weight excluding hydrogens is 522 g/mol. The number of piperazine rings is 1. The number of hydrogen-bond acceptors (Lipinski definition) is 6. The number of carboxylic acid groups (broad SMARTS) is 1. The van der Waals surface area contributed by atoms with Gasteiger partial charge in [0.2, 0.25) is 0 Å². The molecule has 1 saturated heterocycles. The summed E-state index contributed by atoms with van der Waals surface area (Å²) >= 11 is 12.1. The second-order valence-corrected chi connectivity index (χ2v) is 9.84. The molecule has 8 nitrogen and oxygen atoms in total. The highest BCUT2D eigenvalue weighted by atomic mass is 35.5. The average molecular weight is 542 g/mol. The molecule has 0 atom stereocenters. The zero-order chi connectivity index (χ0) is 25.1. The zero-order valence-electron chi connectivity index (χ0n) is 17.5. The number of hydrogen-bond donors (Lipinski definition) is 2. The monoisotopic (exact) mass is 541 g/mol. The smallest absolute Gasteiger partial charge is 0.487 e. The fraction of sp³-hybridized carbons (Fsp3) is 0.350. The van der Waals surface area contributed by atoms with Gasteiger partial charge in [-0.15, -0.1) is 0 Å². The Hall–Kier alpha value is -2.41. The average Bonchev–Trinajstić information content (AvgIpc) is 2.78. The fourth-order valence-corrected chi connectivity index (χ4v) is 5.62. The molecule has 0 amide bonds. The van der Waals surface area contributed by atoms with E-state index in [9.17, 15) is 21.6 Å². The van der Waals surface area contributed by atoms with Crippen molar-refractivity contribution in [2.45, 2.75) is 11.1 Å². The van der Waals surface area contributed by atoms with E-state index in [-0.39, 0.29) is 23.1 Å². The Morgan fingerprint density at radius 1 is 1.06 bits per heavy atom. The van der Waals surface area contributed by atoms with Crippen molar-refractivity contribution in [2.75, 3.05) is 48.5 Å². The molecule has 0 spiro atoms. The topological polar surface area (TPSA) is 99.2 Å². The molecule has 186 valence electrons. The molecule has 0 aromatic heterocycles. The predicted molar refractivity (Wildman–Crippen MR) is 122 cm³/mol. The highest BCUT2D eigenvalue weighted by Crippen LogP contribution is 2.43. The molecule has 0 saturated carbocycles. The first-order valence-corrected chi connectivity index (χ1v) is 12.1. The van der Waals surface area contributed by atoms with Gasteiger partial charge in [0.05, 0.1) is 22.9 Å². The van der Waals surface area contributed by atoms with Crippen molar-refractivity contribution < 1.29 is 36.2 Å². The number of aliphatic carboxylic acids is 1. The minimum absolute atomic E-state index is 0.0361. The van der Waals surface area contributed by atoms with Crippen LogP contribution in [0.4, 0.5) is 24.5 Å². The van der Waals surface area contributed by atoms with Crippen molar-refractivity contribution >= 4 is 50.6 Å². The van der Waals surface area contributed by atoms with Crippen molar-refractivity contribution in [2.24, 2.45) is 0 Å². The first kappa shape index (κ1) is 26.2. The third-order valence-corrected chi connectivity index (χ3v) is 7.48. The first-order valence-electron chi connectivity index (χ1n) is 9.92. The molecule has 1 fully saturated rings. The van der Waals surface area contributed by atoms with Crippen molar-refractivity contribution in [1.29, 1.82) is 0 Å². The maximum Gasteiger partial charge on any atom is 0.490 e. The summed E-state index contributed by atoms with van der Waals surface area (Å²) in [5.41, 5.74) is 1.44. The van der Waals surface area contributed by atoms with E-state index in [1.807, 2.05) is 12.1 Å². The van der Waals surface area contributed by atoms with Crippen molar-refractivity contribution in [3.05, 3.63) is 46.4 Å². The highest BCUT2D eigenvalue weighted by molar-refractivity contribution is 7.93. The van der Waals surface area contributed by atoms with Crippen LogP contribution >= 0.6 is 23.2 Å². The normalized spacial score (nSPS) is 16.1. The number of halogens is 5. The van der Waals surface area contributed by atoms with Gasteiger partial charge in [-0.1, -0.05) is 29.3 Å². The van der Waals surface area contributed by atoms with Crippen LogP contribution in [0.15, 0.2) is 41.3 Å². The Kier molecular flexibility index (Phi) is 8.06. The van der Waals surface area contributed by atoms with E-state index in [1.165, 1.54) is 22.5 Å². The van der Waals surface area contributed by atoms with Crippen LogP contribution in [0.2, 0.25) is 10.0 Å². The molecule has 2 aromatic rings. The number of rotatable bonds is 3. The van der Waals surface area contributed by atoms with Gasteiger partial charge < -0.3 is 20.1 Å². The Bertz CT molecular complexity index is 1160. The van der Waals surface area contributed by atoms with Gasteiger partial charge in [0.1, 0.15) is 11.5 Å². The number of benzene rings is 2. The van der Waals surface area contributed by atoms with Gasteiger partial charge in [-0.05, 0) is 30.3 Å². The summed E-state index contributed by atoms with van der Waals surface area (Å²) in [7, 11) is -3.84. The van der Waals surface area contributed by atoms with Crippen LogP contribution in [0.5, 0.6) is 5.75 Å². The van der Waals surface area contributed by atoms with Crippen LogP contribution < -0.4 is 19.3 Å². The van der Waals surface area contributed by atoms with Gasteiger partial charge in [-0.3, -0.25) is 4.31 Å². The third-order valence-electron chi connectivity index (χ3n) is 4.95. The number of fused-ring (bicyclic) bond motifs is 1. The number of para-hydroxylation sites is 1. The van der Waals surface area contributed by atoms with E-state index in [1.54, 1.807) is 6.07 Å². The lowest BCUT2D eigenvalue weighted by molar-refractivity contribution is -0.192. The summed E-state index contributed by atoms with van der Waals surface area (Å²) in [6.45, 7) is 3.95. The van der Waals surface area contributed by atoms with Crippen molar-refractivity contribution in [3.8, 4) is 5.75 Å². The lowest BCUT2D eigenvalue weighted by atomic mass is 10.2. The molecule has 2 aliphatic rings. The molecule has 4 rings (SSSR count). The maximum atomic E-state index is 13.3. The van der Waals surface area contributed by atoms with E-state index in [0.29, 0.717) is 16.5 Å². The number of carbonyl (C=O) groups is 1. The number of ether oxygens (including phenoxy) is 1. The van der Waals surface area contributed by atoms with Crippen LogP contribution in [0.25, 0.3) is 0 Å². The van der Waals surface area contributed by atoms with E-state index in [2.05, 4.69) is 10.2 Å². The van der Waals surface area contributed by atoms with Crippen molar-refractivity contribution in [1.82, 2.24) is 5.32 Å². The van der Waals surface area contributed by atoms with Crippen LogP contribution in [0.1, 0.15) is 0 Å². The van der Waals surface area contributed by atoms with Gasteiger partial charge >= 0.3 is 12.1 Å². The molecule has 14 heteroatoms. The molecule has 34 heavy (non-hydrogen) atoms. The highest BCUT2D eigenvalue weighted by Gasteiger charge is 2.38. The Balaban J connectivity index is 0.000000406. The lowest BCUT2D eigenvalue weighted by Crippen LogP contribution is -2.44. The second-order valence-electron chi connectivity index (χ2n) is 7.17. The Labute approximate surface area is 203 Å². The fourth-order valence-electron chi connectivity index (χ4n) is 3.42. The SMILES string of the molecule is O=C(O)C(F)(F)F.O=S(=O)(c1ccc(Cl)cc1Cl)N1CCOc2c(N3CCNCC3)cccc21. The molecule has 2 aliphatic heterocycles. The van der Waals surface area contributed by atoms with Gasteiger partial charge in [0.15, 0.2) is 5.75 Å². The lowest BCUT2D eigenvalue weighted by Gasteiger charge is -2.36. The molecule has 2 aromatic carbocycles. The molecule has 0 bridgehead atoms. The Morgan fingerprint density at radius 2 is 1.68 bits per heavy atom. The molecule has 0 radical (unpaired) electrons. The van der Waals surface area contributed by atoms with Crippen LogP contribution in [0.3, 0.4) is 0 Å². The van der Waals surface area contributed by atoms with Crippen LogP contribution in [0, 0.1) is 0 Å². The molecular formula is C20H20Cl2F3N3O5S. The predicted octanol–water partition coefficient (Wildman–Crippen LogP) is 3.62. The summed E-state index contributed by atoms with van der Waals surface area (Å²) in [4.78, 5) is 11.1. The number of carboxylic acids is 1. The maximum absolute atomic E-state index is 13.3. The number of nitrogens with one attached hydrogen (secondary N) is 1. The van der Waals surface area contributed by atoms with E-state index >= 15 is 0 Å².